The van der Waals surface area contributed by atoms with Crippen molar-refractivity contribution in [1.82, 2.24) is 10.5 Å². The Morgan fingerprint density at radius 2 is 2.14 bits per heavy atom. The number of fused-ring (bicyclic) bond motifs is 2. The van der Waals surface area contributed by atoms with Gasteiger partial charge in [0, 0.05) is 6.07 Å². The minimum absolute atomic E-state index is 0.192. The number of nitrogens with one attached hydrogen (secondary N) is 3. The number of hydrazine groups is 2. The summed E-state index contributed by atoms with van der Waals surface area (Å²) in [6, 6.07) is 9.23. The van der Waals surface area contributed by atoms with Crippen LogP contribution in [0.5, 0.6) is 17.2 Å². The quantitative estimate of drug-likeness (QED) is 0.669. The normalized spacial score (nSPS) is 18.1. The molecule has 0 bridgehead atoms. The summed E-state index contributed by atoms with van der Waals surface area (Å²) in [4.78, 5) is 4.14. The van der Waals surface area contributed by atoms with E-state index in [0.29, 0.717) is 36.3 Å². The largest absolute Gasteiger partial charge is 0.487 e. The molecule has 0 aliphatic carbocycles. The topological polar surface area (TPSA) is 103 Å². The fraction of sp³-hybridized carbons (Fsp3) is 0.214. The molecule has 0 saturated heterocycles. The first-order valence-corrected chi connectivity index (χ1v) is 6.88. The molecule has 0 spiro atoms. The minimum Gasteiger partial charge on any atom is -0.487 e. The van der Waals surface area contributed by atoms with Gasteiger partial charge in [-0.1, -0.05) is 12.1 Å². The molecule has 1 aromatic heterocycles. The number of benzene rings is 1. The summed E-state index contributed by atoms with van der Waals surface area (Å²) in [5, 5.41) is 0. The number of rotatable bonds is 3. The average molecular weight is 301 g/mol. The highest BCUT2D eigenvalue weighted by Crippen LogP contribution is 2.35. The zero-order chi connectivity index (χ0) is 14.9. The number of hydrogen-bond donors (Lipinski definition) is 4. The fourth-order valence-corrected chi connectivity index (χ4v) is 2.35. The Hall–Kier alpha value is -2.87. The maximum atomic E-state index is 5.85. The van der Waals surface area contributed by atoms with Crippen LogP contribution in [0.15, 0.2) is 30.3 Å². The SMILES string of the molecule is Nc1cc(OCC2COc3ccccc3O2)c2c(n1)NNN2. The van der Waals surface area contributed by atoms with E-state index in [1.165, 1.54) is 0 Å². The maximum Gasteiger partial charge on any atom is 0.172 e. The maximum absolute atomic E-state index is 5.85. The molecule has 22 heavy (non-hydrogen) atoms. The lowest BCUT2D eigenvalue weighted by molar-refractivity contribution is 0.0538. The van der Waals surface area contributed by atoms with E-state index in [1.807, 2.05) is 24.3 Å². The average Bonchev–Trinajstić information content (AvgIpc) is 3.00. The molecule has 3 heterocycles. The Kier molecular flexibility index (Phi) is 3.01. The highest BCUT2D eigenvalue weighted by molar-refractivity contribution is 5.76. The molecule has 2 aliphatic heterocycles. The standard InChI is InChI=1S/C14H15N5O3/c15-12-5-11(13-14(16-12)18-19-17-13)21-7-8-6-20-9-3-1-2-4-10(9)22-8/h1-5,8,17,19H,6-7H2,(H3,15,16,18). The van der Waals surface area contributed by atoms with Gasteiger partial charge in [-0.25, -0.2) is 4.98 Å². The van der Waals surface area contributed by atoms with Gasteiger partial charge < -0.3 is 19.9 Å². The number of para-hydroxylation sites is 2. The summed E-state index contributed by atoms with van der Waals surface area (Å²) < 4.78 is 17.3. The molecule has 8 heteroatoms. The van der Waals surface area contributed by atoms with Crippen LogP contribution in [-0.2, 0) is 0 Å². The molecular weight excluding hydrogens is 286 g/mol. The highest BCUT2D eigenvalue weighted by atomic mass is 16.6. The van der Waals surface area contributed by atoms with E-state index in [9.17, 15) is 0 Å². The van der Waals surface area contributed by atoms with Crippen LogP contribution in [0, 0.1) is 0 Å². The Morgan fingerprint density at radius 3 is 3.05 bits per heavy atom. The molecule has 1 unspecified atom stereocenters. The van der Waals surface area contributed by atoms with Crippen molar-refractivity contribution >= 4 is 17.3 Å². The van der Waals surface area contributed by atoms with Gasteiger partial charge in [0.2, 0.25) is 0 Å². The van der Waals surface area contributed by atoms with E-state index in [-0.39, 0.29) is 6.10 Å². The predicted octanol–water partition coefficient (Wildman–Crippen LogP) is 1.14. The van der Waals surface area contributed by atoms with Crippen LogP contribution < -0.4 is 36.3 Å². The Balaban J connectivity index is 1.46. The Morgan fingerprint density at radius 1 is 1.27 bits per heavy atom. The van der Waals surface area contributed by atoms with Gasteiger partial charge in [0.05, 0.1) is 0 Å². The second-order valence-electron chi connectivity index (χ2n) is 4.95. The van der Waals surface area contributed by atoms with Crippen molar-refractivity contribution in [1.29, 1.82) is 0 Å². The second-order valence-corrected chi connectivity index (χ2v) is 4.95. The Labute approximate surface area is 126 Å². The van der Waals surface area contributed by atoms with Gasteiger partial charge in [-0.3, -0.25) is 10.9 Å². The molecule has 0 radical (unpaired) electrons. The molecule has 1 aromatic carbocycles. The van der Waals surface area contributed by atoms with Crippen LogP contribution in [0.2, 0.25) is 0 Å². The lowest BCUT2D eigenvalue weighted by Gasteiger charge is -2.26. The summed E-state index contributed by atoms with van der Waals surface area (Å²) in [6.07, 6.45) is -0.192. The first-order chi connectivity index (χ1) is 10.8. The zero-order valence-electron chi connectivity index (χ0n) is 11.6. The fourth-order valence-electron chi connectivity index (χ4n) is 2.35. The van der Waals surface area contributed by atoms with Crippen LogP contribution in [0.3, 0.4) is 0 Å². The van der Waals surface area contributed by atoms with E-state index >= 15 is 0 Å². The van der Waals surface area contributed by atoms with Gasteiger partial charge in [0.15, 0.2) is 29.2 Å². The van der Waals surface area contributed by atoms with Gasteiger partial charge in [-0.05, 0) is 12.1 Å². The lowest BCUT2D eigenvalue weighted by atomic mass is 10.2. The third kappa shape index (κ3) is 2.29. The number of anilines is 3. The molecule has 8 nitrogen and oxygen atoms in total. The minimum atomic E-state index is -0.192. The summed E-state index contributed by atoms with van der Waals surface area (Å²) in [5.41, 5.74) is 15.0. The van der Waals surface area contributed by atoms with Gasteiger partial charge in [-0.15, -0.1) is 5.53 Å². The van der Waals surface area contributed by atoms with Crippen molar-refractivity contribution in [3.8, 4) is 17.2 Å². The number of nitrogen functional groups attached to an aromatic ring is 1. The summed E-state index contributed by atoms with van der Waals surface area (Å²) >= 11 is 0. The molecule has 2 aromatic rings. The van der Waals surface area contributed by atoms with Crippen LogP contribution in [0.25, 0.3) is 0 Å². The van der Waals surface area contributed by atoms with Gasteiger partial charge in [0.1, 0.15) is 24.7 Å². The van der Waals surface area contributed by atoms with E-state index in [0.717, 1.165) is 11.5 Å². The molecule has 5 N–H and O–H groups in total. The molecule has 1 atom stereocenters. The van der Waals surface area contributed by atoms with Crippen LogP contribution in [0.4, 0.5) is 17.3 Å². The molecular formula is C14H15N5O3. The summed E-state index contributed by atoms with van der Waals surface area (Å²) in [6.45, 7) is 0.773. The van der Waals surface area contributed by atoms with Crippen LogP contribution in [0.1, 0.15) is 0 Å². The third-order valence-corrected chi connectivity index (χ3v) is 3.36. The number of nitrogens with two attached hydrogens (primary N) is 1. The monoisotopic (exact) mass is 301 g/mol. The number of aromatic nitrogens is 1. The number of nitrogens with zero attached hydrogens (tertiary/aromatic N) is 1. The number of hydrogen-bond acceptors (Lipinski definition) is 8. The van der Waals surface area contributed by atoms with E-state index in [4.69, 9.17) is 19.9 Å². The molecule has 0 amide bonds. The van der Waals surface area contributed by atoms with Crippen molar-refractivity contribution in [2.24, 2.45) is 0 Å². The molecule has 4 rings (SSSR count). The van der Waals surface area contributed by atoms with Crippen LogP contribution >= 0.6 is 0 Å². The smallest absolute Gasteiger partial charge is 0.172 e. The van der Waals surface area contributed by atoms with Crippen molar-refractivity contribution in [3.63, 3.8) is 0 Å². The van der Waals surface area contributed by atoms with Crippen molar-refractivity contribution in [2.45, 2.75) is 6.10 Å². The first kappa shape index (κ1) is 12.8. The first-order valence-electron chi connectivity index (χ1n) is 6.88. The third-order valence-electron chi connectivity index (χ3n) is 3.36. The van der Waals surface area contributed by atoms with E-state index in [2.05, 4.69) is 21.4 Å². The Bertz CT molecular complexity index is 709. The number of ether oxygens (including phenoxy) is 3. The van der Waals surface area contributed by atoms with Crippen molar-refractivity contribution in [3.05, 3.63) is 30.3 Å². The van der Waals surface area contributed by atoms with Crippen molar-refractivity contribution in [2.75, 3.05) is 29.8 Å². The van der Waals surface area contributed by atoms with Crippen molar-refractivity contribution < 1.29 is 14.2 Å². The lowest BCUT2D eigenvalue weighted by Crippen LogP contribution is -2.34. The van der Waals surface area contributed by atoms with E-state index in [1.54, 1.807) is 6.07 Å². The van der Waals surface area contributed by atoms with Gasteiger partial charge in [-0.2, -0.15) is 0 Å². The molecule has 2 aliphatic rings. The molecule has 0 saturated carbocycles. The van der Waals surface area contributed by atoms with E-state index < -0.39 is 0 Å². The number of pyridine rings is 1. The molecule has 114 valence electrons. The van der Waals surface area contributed by atoms with Gasteiger partial charge in [0.25, 0.3) is 0 Å². The van der Waals surface area contributed by atoms with Gasteiger partial charge >= 0.3 is 0 Å². The summed E-state index contributed by atoms with van der Waals surface area (Å²) in [5.74, 6) is 3.05. The highest BCUT2D eigenvalue weighted by Gasteiger charge is 2.23. The second kappa shape index (κ2) is 5.15. The van der Waals surface area contributed by atoms with Crippen LogP contribution in [-0.4, -0.2) is 24.3 Å². The predicted molar refractivity (Wildman–Crippen MR) is 80.9 cm³/mol. The summed E-state index contributed by atoms with van der Waals surface area (Å²) in [7, 11) is 0. The zero-order valence-corrected chi connectivity index (χ0v) is 11.6. The molecule has 0 fully saturated rings.